The van der Waals surface area contributed by atoms with Gasteiger partial charge in [-0.1, -0.05) is 12.1 Å². The van der Waals surface area contributed by atoms with Crippen LogP contribution in [0, 0.1) is 0 Å². The second-order valence-electron chi connectivity index (χ2n) is 4.30. The van der Waals surface area contributed by atoms with E-state index < -0.39 is 28.7 Å². The number of carbonyl (C=O) groups is 2. The third-order valence-electron chi connectivity index (χ3n) is 3.28. The van der Waals surface area contributed by atoms with Gasteiger partial charge in [0, 0.05) is 5.56 Å². The Morgan fingerprint density at radius 1 is 1.33 bits per heavy atom. The van der Waals surface area contributed by atoms with Gasteiger partial charge in [0.25, 0.3) is 0 Å². The summed E-state index contributed by atoms with van der Waals surface area (Å²) in [5, 5.41) is 30.2. The summed E-state index contributed by atoms with van der Waals surface area (Å²) in [6.07, 6.45) is 0. The molecule has 96 valence electrons. The maximum absolute atomic E-state index is 12.0. The molecule has 0 radical (unpaired) electrons. The predicted octanol–water partition coefficient (Wildman–Crippen LogP) is -0.300. The number of benzene rings is 1. The van der Waals surface area contributed by atoms with Crippen molar-refractivity contribution in [1.29, 1.82) is 0 Å². The van der Waals surface area contributed by atoms with Crippen molar-refractivity contribution < 1.29 is 29.6 Å². The van der Waals surface area contributed by atoms with Crippen LogP contribution in [0.2, 0.25) is 0 Å². The van der Waals surface area contributed by atoms with Crippen molar-refractivity contribution in [3.8, 4) is 5.75 Å². The number of phenols is 1. The molecule has 3 N–H and O–H groups in total. The molecule has 1 aliphatic carbocycles. The van der Waals surface area contributed by atoms with Gasteiger partial charge in [0.05, 0.1) is 12.7 Å². The van der Waals surface area contributed by atoms with Gasteiger partial charge in [-0.25, -0.2) is 4.79 Å². The molecule has 0 bridgehead atoms. The third-order valence-corrected chi connectivity index (χ3v) is 3.28. The fourth-order valence-corrected chi connectivity index (χ4v) is 2.23. The Kier molecular flexibility index (Phi) is 2.46. The number of hydrogen-bond acceptors (Lipinski definition) is 6. The first-order valence-electron chi connectivity index (χ1n) is 5.19. The number of esters is 1. The molecular weight excluding hydrogens is 240 g/mol. The van der Waals surface area contributed by atoms with E-state index in [1.54, 1.807) is 0 Å². The molecule has 6 nitrogen and oxygen atoms in total. The minimum absolute atomic E-state index is 0.104. The number of methoxy groups -OCH3 is 1. The number of fused-ring (bicyclic) bond motifs is 1. The van der Waals surface area contributed by atoms with Gasteiger partial charge in [-0.3, -0.25) is 4.79 Å². The Morgan fingerprint density at radius 2 is 1.94 bits per heavy atom. The lowest BCUT2D eigenvalue weighted by atomic mass is 9.84. The molecule has 6 heteroatoms. The smallest absolute Gasteiger partial charge is 0.346 e. The van der Waals surface area contributed by atoms with Crippen molar-refractivity contribution in [2.24, 2.45) is 0 Å². The average Bonchev–Trinajstić information content (AvgIpc) is 2.49. The van der Waals surface area contributed by atoms with Crippen LogP contribution >= 0.6 is 0 Å². The van der Waals surface area contributed by atoms with E-state index in [0.29, 0.717) is 0 Å². The molecule has 0 aliphatic heterocycles. The van der Waals surface area contributed by atoms with E-state index in [0.717, 1.165) is 14.0 Å². The summed E-state index contributed by atoms with van der Waals surface area (Å²) in [7, 11) is 1.01. The van der Waals surface area contributed by atoms with E-state index >= 15 is 0 Å². The molecule has 0 spiro atoms. The van der Waals surface area contributed by atoms with Crippen LogP contribution in [-0.4, -0.2) is 39.8 Å². The van der Waals surface area contributed by atoms with Crippen LogP contribution in [-0.2, 0) is 15.1 Å². The standard InChI is InChI=1S/C12H12O6/c1-11(16)9(14)6-4-3-5-7(13)8(6)12(11,17)10(15)18-2/h3-5,13,16-17H,1-2H3/t11-,12+/m0/s1. The molecule has 0 aromatic heterocycles. The lowest BCUT2D eigenvalue weighted by molar-refractivity contribution is -0.184. The number of rotatable bonds is 1. The van der Waals surface area contributed by atoms with Crippen LogP contribution in [0.3, 0.4) is 0 Å². The van der Waals surface area contributed by atoms with Crippen molar-refractivity contribution in [2.75, 3.05) is 7.11 Å². The minimum Gasteiger partial charge on any atom is -0.508 e. The van der Waals surface area contributed by atoms with Crippen LogP contribution < -0.4 is 0 Å². The summed E-state index contributed by atoms with van der Waals surface area (Å²) in [5.41, 5.74) is -5.43. The number of carbonyl (C=O) groups excluding carboxylic acids is 2. The first-order valence-corrected chi connectivity index (χ1v) is 5.19. The van der Waals surface area contributed by atoms with Gasteiger partial charge in [0.15, 0.2) is 11.4 Å². The van der Waals surface area contributed by atoms with Crippen molar-refractivity contribution in [2.45, 2.75) is 18.1 Å². The van der Waals surface area contributed by atoms with Crippen LogP contribution in [0.15, 0.2) is 18.2 Å². The van der Waals surface area contributed by atoms with E-state index in [9.17, 15) is 24.9 Å². The fraction of sp³-hybridized carbons (Fsp3) is 0.333. The summed E-state index contributed by atoms with van der Waals surface area (Å²) in [6, 6.07) is 3.90. The molecule has 0 amide bonds. The second-order valence-corrected chi connectivity index (χ2v) is 4.30. The van der Waals surface area contributed by atoms with E-state index in [1.807, 2.05) is 0 Å². The minimum atomic E-state index is -2.61. The molecule has 1 aliphatic rings. The highest BCUT2D eigenvalue weighted by Gasteiger charge is 2.66. The molecule has 2 atom stereocenters. The number of ether oxygens (including phenoxy) is 1. The summed E-state index contributed by atoms with van der Waals surface area (Å²) in [5.74, 6) is -2.51. The molecule has 1 aromatic rings. The number of Topliss-reactive ketones (excluding diaryl/α,β-unsaturated/α-hetero) is 1. The van der Waals surface area contributed by atoms with Crippen molar-refractivity contribution >= 4 is 11.8 Å². The average molecular weight is 252 g/mol. The molecule has 0 saturated carbocycles. The topological polar surface area (TPSA) is 104 Å². The maximum Gasteiger partial charge on any atom is 0.346 e. The molecule has 0 heterocycles. The van der Waals surface area contributed by atoms with E-state index in [2.05, 4.69) is 4.74 Å². The lowest BCUT2D eigenvalue weighted by Crippen LogP contribution is -2.55. The molecule has 18 heavy (non-hydrogen) atoms. The number of aliphatic hydroxyl groups is 2. The summed E-state index contributed by atoms with van der Waals surface area (Å²) < 4.78 is 4.42. The van der Waals surface area contributed by atoms with Crippen LogP contribution in [0.25, 0.3) is 0 Å². The number of hydrogen-bond donors (Lipinski definition) is 3. The number of aromatic hydroxyl groups is 1. The van der Waals surface area contributed by atoms with Gasteiger partial charge in [-0.2, -0.15) is 0 Å². The van der Waals surface area contributed by atoms with Crippen LogP contribution in [0.4, 0.5) is 0 Å². The molecule has 0 unspecified atom stereocenters. The summed E-state index contributed by atoms with van der Waals surface area (Å²) in [6.45, 7) is 1.01. The van der Waals surface area contributed by atoms with E-state index in [-0.39, 0.29) is 11.1 Å². The molecule has 1 aromatic carbocycles. The molecule has 0 fully saturated rings. The SMILES string of the molecule is COC(=O)[C@]1(O)c2c(O)cccc2C(=O)[C@]1(C)O. The quantitative estimate of drug-likeness (QED) is 0.593. The molecular formula is C12H12O6. The zero-order valence-corrected chi connectivity index (χ0v) is 9.80. The van der Waals surface area contributed by atoms with E-state index in [1.165, 1.54) is 18.2 Å². The van der Waals surface area contributed by atoms with Crippen molar-refractivity contribution in [3.05, 3.63) is 29.3 Å². The first-order chi connectivity index (χ1) is 8.28. The van der Waals surface area contributed by atoms with Gasteiger partial charge in [-0.05, 0) is 13.0 Å². The largest absolute Gasteiger partial charge is 0.508 e. The van der Waals surface area contributed by atoms with Gasteiger partial charge in [-0.15, -0.1) is 0 Å². The highest BCUT2D eigenvalue weighted by atomic mass is 16.5. The van der Waals surface area contributed by atoms with Gasteiger partial charge >= 0.3 is 5.97 Å². The van der Waals surface area contributed by atoms with Crippen LogP contribution in [0.5, 0.6) is 5.75 Å². The Labute approximate surface area is 102 Å². The molecule has 0 saturated heterocycles. The van der Waals surface area contributed by atoms with Crippen molar-refractivity contribution in [3.63, 3.8) is 0 Å². The third kappa shape index (κ3) is 1.19. The highest BCUT2D eigenvalue weighted by molar-refractivity contribution is 6.13. The van der Waals surface area contributed by atoms with Gasteiger partial charge in [0.1, 0.15) is 5.75 Å². The van der Waals surface area contributed by atoms with Gasteiger partial charge < -0.3 is 20.1 Å². The number of ketones is 1. The fourth-order valence-electron chi connectivity index (χ4n) is 2.23. The second kappa shape index (κ2) is 3.54. The Morgan fingerprint density at radius 3 is 2.50 bits per heavy atom. The number of phenolic OH excluding ortho intramolecular Hbond substituents is 1. The lowest BCUT2D eigenvalue weighted by Gasteiger charge is -2.31. The predicted molar refractivity (Wildman–Crippen MR) is 59.0 cm³/mol. The monoisotopic (exact) mass is 252 g/mol. The molecule has 2 rings (SSSR count). The summed E-state index contributed by atoms with van der Waals surface area (Å²) >= 11 is 0. The Bertz CT molecular complexity index is 547. The van der Waals surface area contributed by atoms with Crippen molar-refractivity contribution in [1.82, 2.24) is 0 Å². The van der Waals surface area contributed by atoms with Gasteiger partial charge in [0.2, 0.25) is 5.60 Å². The summed E-state index contributed by atoms with van der Waals surface area (Å²) in [4.78, 5) is 23.7. The zero-order chi connectivity index (χ0) is 13.7. The Hall–Kier alpha value is -1.92. The normalized spacial score (nSPS) is 30.1. The zero-order valence-electron chi connectivity index (χ0n) is 9.80. The first kappa shape index (κ1) is 12.5. The maximum atomic E-state index is 12.0. The Balaban J connectivity index is 2.83. The van der Waals surface area contributed by atoms with E-state index in [4.69, 9.17) is 0 Å². The highest BCUT2D eigenvalue weighted by Crippen LogP contribution is 2.48. The van der Waals surface area contributed by atoms with Crippen LogP contribution in [0.1, 0.15) is 22.8 Å².